The molecular weight excluding hydrogens is 312 g/mol. The summed E-state index contributed by atoms with van der Waals surface area (Å²) in [6.07, 6.45) is 1.03. The van der Waals surface area contributed by atoms with Crippen LogP contribution in [0, 0.1) is 13.8 Å². The van der Waals surface area contributed by atoms with Crippen molar-refractivity contribution in [3.05, 3.63) is 53.1 Å². The first-order valence-electron chi connectivity index (χ1n) is 7.38. The molecule has 0 fully saturated rings. The Balaban J connectivity index is 1.88. The van der Waals surface area contributed by atoms with Gasteiger partial charge in [-0.15, -0.1) is 0 Å². The molecule has 0 saturated heterocycles. The summed E-state index contributed by atoms with van der Waals surface area (Å²) in [4.78, 5) is 11.6. The molecule has 1 aliphatic heterocycles. The van der Waals surface area contributed by atoms with E-state index in [1.54, 1.807) is 36.4 Å². The van der Waals surface area contributed by atoms with Gasteiger partial charge in [-0.1, -0.05) is 6.07 Å². The topological polar surface area (TPSA) is 75.3 Å². The second-order valence-electron chi connectivity index (χ2n) is 5.77. The first-order chi connectivity index (χ1) is 10.8. The molecule has 0 radical (unpaired) electrons. The van der Waals surface area contributed by atoms with Gasteiger partial charge < -0.3 is 5.32 Å². The average molecular weight is 330 g/mol. The van der Waals surface area contributed by atoms with Gasteiger partial charge in [-0.2, -0.15) is 0 Å². The highest BCUT2D eigenvalue weighted by atomic mass is 32.2. The van der Waals surface area contributed by atoms with Gasteiger partial charge in [-0.05, 0) is 67.3 Å². The standard InChI is InChI=1S/C17H18N2O3S/c1-11-3-6-15(9-12(11)2)23(21,22)19-14-5-7-16-13(10-14)4-8-17(20)18-16/h3,5-7,9-10,19H,4,8H2,1-2H3,(H,18,20). The normalized spacial score (nSPS) is 14.1. The van der Waals surface area contributed by atoms with E-state index in [2.05, 4.69) is 10.0 Å². The van der Waals surface area contributed by atoms with Crippen molar-refractivity contribution in [2.24, 2.45) is 0 Å². The Morgan fingerprint density at radius 3 is 2.52 bits per heavy atom. The van der Waals surface area contributed by atoms with Gasteiger partial charge in [0.15, 0.2) is 0 Å². The monoisotopic (exact) mass is 330 g/mol. The lowest BCUT2D eigenvalue weighted by Crippen LogP contribution is -2.19. The molecule has 2 aromatic carbocycles. The molecule has 0 atom stereocenters. The van der Waals surface area contributed by atoms with E-state index in [-0.39, 0.29) is 10.8 Å². The molecule has 0 aromatic heterocycles. The summed E-state index contributed by atoms with van der Waals surface area (Å²) in [5.41, 5.74) is 4.16. The zero-order chi connectivity index (χ0) is 16.6. The fourth-order valence-corrected chi connectivity index (χ4v) is 3.68. The van der Waals surface area contributed by atoms with E-state index < -0.39 is 10.0 Å². The van der Waals surface area contributed by atoms with Gasteiger partial charge >= 0.3 is 0 Å². The van der Waals surface area contributed by atoms with Crippen LogP contribution in [0.2, 0.25) is 0 Å². The second kappa shape index (κ2) is 5.70. The SMILES string of the molecule is Cc1ccc(S(=O)(=O)Nc2ccc3c(c2)CCC(=O)N3)cc1C. The highest BCUT2D eigenvalue weighted by Gasteiger charge is 2.18. The number of benzene rings is 2. The van der Waals surface area contributed by atoms with E-state index in [1.807, 2.05) is 13.8 Å². The van der Waals surface area contributed by atoms with E-state index in [0.29, 0.717) is 18.5 Å². The summed E-state index contributed by atoms with van der Waals surface area (Å²) in [6.45, 7) is 3.83. The molecule has 0 aliphatic carbocycles. The van der Waals surface area contributed by atoms with Crippen LogP contribution in [-0.4, -0.2) is 14.3 Å². The van der Waals surface area contributed by atoms with Gasteiger partial charge in [0.05, 0.1) is 4.90 Å². The summed E-state index contributed by atoms with van der Waals surface area (Å²) in [5, 5.41) is 2.78. The van der Waals surface area contributed by atoms with Crippen molar-refractivity contribution < 1.29 is 13.2 Å². The number of anilines is 2. The smallest absolute Gasteiger partial charge is 0.261 e. The highest BCUT2D eigenvalue weighted by molar-refractivity contribution is 7.92. The number of sulfonamides is 1. The molecule has 2 aromatic rings. The molecule has 120 valence electrons. The average Bonchev–Trinajstić information content (AvgIpc) is 2.49. The minimum Gasteiger partial charge on any atom is -0.326 e. The molecule has 0 bridgehead atoms. The predicted molar refractivity (Wildman–Crippen MR) is 90.1 cm³/mol. The molecule has 0 unspecified atom stereocenters. The van der Waals surface area contributed by atoms with Crippen molar-refractivity contribution in [1.82, 2.24) is 0 Å². The lowest BCUT2D eigenvalue weighted by molar-refractivity contribution is -0.116. The molecule has 0 saturated carbocycles. The Morgan fingerprint density at radius 1 is 1.00 bits per heavy atom. The van der Waals surface area contributed by atoms with Gasteiger partial charge in [0.25, 0.3) is 10.0 Å². The summed E-state index contributed by atoms with van der Waals surface area (Å²) >= 11 is 0. The predicted octanol–water partition coefficient (Wildman–Crippen LogP) is 2.99. The van der Waals surface area contributed by atoms with Crippen LogP contribution in [0.5, 0.6) is 0 Å². The van der Waals surface area contributed by atoms with Crippen LogP contribution in [-0.2, 0) is 21.2 Å². The van der Waals surface area contributed by atoms with Crippen LogP contribution in [0.1, 0.15) is 23.1 Å². The van der Waals surface area contributed by atoms with Crippen molar-refractivity contribution in [3.8, 4) is 0 Å². The van der Waals surface area contributed by atoms with Gasteiger partial charge in [-0.25, -0.2) is 8.42 Å². The molecule has 3 rings (SSSR count). The van der Waals surface area contributed by atoms with E-state index in [4.69, 9.17) is 0 Å². The van der Waals surface area contributed by atoms with Crippen LogP contribution in [0.15, 0.2) is 41.3 Å². The maximum Gasteiger partial charge on any atom is 0.261 e. The Labute approximate surface area is 135 Å². The first-order valence-corrected chi connectivity index (χ1v) is 8.86. The van der Waals surface area contributed by atoms with Crippen molar-refractivity contribution in [3.63, 3.8) is 0 Å². The number of hydrogen-bond acceptors (Lipinski definition) is 3. The molecule has 1 heterocycles. The molecule has 0 spiro atoms. The zero-order valence-corrected chi connectivity index (χ0v) is 13.8. The molecule has 5 nitrogen and oxygen atoms in total. The van der Waals surface area contributed by atoms with Crippen molar-refractivity contribution in [2.45, 2.75) is 31.6 Å². The third-order valence-corrected chi connectivity index (χ3v) is 5.42. The number of carbonyl (C=O) groups excluding carboxylic acids is 1. The zero-order valence-electron chi connectivity index (χ0n) is 13.0. The van der Waals surface area contributed by atoms with Crippen LogP contribution in [0.4, 0.5) is 11.4 Å². The Hall–Kier alpha value is -2.34. The van der Waals surface area contributed by atoms with E-state index >= 15 is 0 Å². The Morgan fingerprint density at radius 2 is 1.78 bits per heavy atom. The van der Waals surface area contributed by atoms with Crippen LogP contribution >= 0.6 is 0 Å². The van der Waals surface area contributed by atoms with Crippen LogP contribution in [0.3, 0.4) is 0 Å². The maximum absolute atomic E-state index is 12.5. The van der Waals surface area contributed by atoms with E-state index in [0.717, 1.165) is 22.4 Å². The van der Waals surface area contributed by atoms with Crippen LogP contribution < -0.4 is 10.0 Å². The van der Waals surface area contributed by atoms with E-state index in [1.165, 1.54) is 0 Å². The largest absolute Gasteiger partial charge is 0.326 e. The molecule has 1 aliphatic rings. The first kappa shape index (κ1) is 15.6. The third kappa shape index (κ3) is 3.22. The number of rotatable bonds is 3. The minimum absolute atomic E-state index is 0.0130. The lowest BCUT2D eigenvalue weighted by Gasteiger charge is -2.18. The third-order valence-electron chi connectivity index (χ3n) is 4.04. The molecule has 23 heavy (non-hydrogen) atoms. The molecular formula is C17H18N2O3S. The second-order valence-corrected chi connectivity index (χ2v) is 7.45. The number of fused-ring (bicyclic) bond motifs is 1. The molecule has 1 amide bonds. The fraction of sp³-hybridized carbons (Fsp3) is 0.235. The number of aryl methyl sites for hydroxylation is 3. The summed E-state index contributed by atoms with van der Waals surface area (Å²) in [5.74, 6) is -0.0130. The highest BCUT2D eigenvalue weighted by Crippen LogP contribution is 2.27. The summed E-state index contributed by atoms with van der Waals surface area (Å²) in [6, 6.07) is 10.2. The number of amides is 1. The number of nitrogens with one attached hydrogen (secondary N) is 2. The molecule has 2 N–H and O–H groups in total. The minimum atomic E-state index is -3.63. The molecule has 6 heteroatoms. The number of carbonyl (C=O) groups is 1. The number of hydrogen-bond donors (Lipinski definition) is 2. The van der Waals surface area contributed by atoms with Crippen LogP contribution in [0.25, 0.3) is 0 Å². The van der Waals surface area contributed by atoms with Gasteiger partial charge in [-0.3, -0.25) is 9.52 Å². The summed E-state index contributed by atoms with van der Waals surface area (Å²) in [7, 11) is -3.63. The summed E-state index contributed by atoms with van der Waals surface area (Å²) < 4.78 is 27.6. The lowest BCUT2D eigenvalue weighted by atomic mass is 10.0. The van der Waals surface area contributed by atoms with Crippen molar-refractivity contribution in [2.75, 3.05) is 10.0 Å². The van der Waals surface area contributed by atoms with Gasteiger partial charge in [0.1, 0.15) is 0 Å². The van der Waals surface area contributed by atoms with Crippen molar-refractivity contribution >= 4 is 27.3 Å². The Bertz CT molecular complexity index is 889. The Kier molecular flexibility index (Phi) is 3.85. The fourth-order valence-electron chi connectivity index (χ4n) is 2.54. The maximum atomic E-state index is 12.5. The van der Waals surface area contributed by atoms with Crippen molar-refractivity contribution in [1.29, 1.82) is 0 Å². The van der Waals surface area contributed by atoms with E-state index in [9.17, 15) is 13.2 Å². The van der Waals surface area contributed by atoms with Gasteiger partial charge in [0, 0.05) is 17.8 Å². The van der Waals surface area contributed by atoms with Gasteiger partial charge in [0.2, 0.25) is 5.91 Å². The quantitative estimate of drug-likeness (QED) is 0.908.